The van der Waals surface area contributed by atoms with Crippen LogP contribution in [0.5, 0.6) is 0 Å². The number of likely N-dealkylation sites (tertiary alicyclic amines) is 1. The zero-order valence-electron chi connectivity index (χ0n) is 15.4. The second-order valence-corrected chi connectivity index (χ2v) is 7.64. The second-order valence-electron chi connectivity index (χ2n) is 7.64. The molecule has 4 rings (SSSR count). The summed E-state index contributed by atoms with van der Waals surface area (Å²) in [5.74, 6) is -2.90. The SMILES string of the molecule is Fc1cccc(CN2CCCC(C3NNCC3c3c(F)cccc3F)C2)c1F. The van der Waals surface area contributed by atoms with Crippen LogP contribution in [-0.2, 0) is 6.54 Å². The summed E-state index contributed by atoms with van der Waals surface area (Å²) in [5, 5.41) is 0. The van der Waals surface area contributed by atoms with E-state index in [1.165, 1.54) is 24.3 Å². The zero-order chi connectivity index (χ0) is 19.7. The Hall–Kier alpha value is -1.96. The largest absolute Gasteiger partial charge is 0.299 e. The minimum absolute atomic E-state index is 0.110. The van der Waals surface area contributed by atoms with Crippen LogP contribution in [0.15, 0.2) is 36.4 Å². The van der Waals surface area contributed by atoms with Crippen molar-refractivity contribution in [3.05, 3.63) is 70.8 Å². The van der Waals surface area contributed by atoms with E-state index in [0.29, 0.717) is 25.2 Å². The van der Waals surface area contributed by atoms with Crippen LogP contribution in [0, 0.1) is 29.2 Å². The van der Waals surface area contributed by atoms with Gasteiger partial charge in [0.2, 0.25) is 0 Å². The van der Waals surface area contributed by atoms with Crippen molar-refractivity contribution >= 4 is 0 Å². The molecule has 3 nitrogen and oxygen atoms in total. The summed E-state index contributed by atoms with van der Waals surface area (Å²) in [6.45, 7) is 2.20. The Kier molecular flexibility index (Phi) is 5.66. The van der Waals surface area contributed by atoms with Crippen molar-refractivity contribution in [2.24, 2.45) is 5.92 Å². The number of nitrogens with one attached hydrogen (secondary N) is 2. The van der Waals surface area contributed by atoms with Gasteiger partial charge in [0, 0.05) is 42.7 Å². The second kappa shape index (κ2) is 8.19. The zero-order valence-corrected chi connectivity index (χ0v) is 15.4. The lowest BCUT2D eigenvalue weighted by Gasteiger charge is -2.37. The fraction of sp³-hybridized carbons (Fsp3) is 0.429. The minimum atomic E-state index is -0.845. The van der Waals surface area contributed by atoms with Crippen molar-refractivity contribution in [1.29, 1.82) is 0 Å². The maximum atomic E-state index is 14.3. The molecule has 0 amide bonds. The van der Waals surface area contributed by atoms with Gasteiger partial charge in [0.05, 0.1) is 0 Å². The minimum Gasteiger partial charge on any atom is -0.299 e. The van der Waals surface area contributed by atoms with Crippen molar-refractivity contribution in [3.63, 3.8) is 0 Å². The molecule has 3 atom stereocenters. The lowest BCUT2D eigenvalue weighted by Crippen LogP contribution is -2.46. The number of rotatable bonds is 4. The van der Waals surface area contributed by atoms with Crippen LogP contribution in [0.3, 0.4) is 0 Å². The van der Waals surface area contributed by atoms with Gasteiger partial charge in [-0.05, 0) is 43.5 Å². The molecule has 0 bridgehead atoms. The van der Waals surface area contributed by atoms with Gasteiger partial charge >= 0.3 is 0 Å². The van der Waals surface area contributed by atoms with Gasteiger partial charge in [-0.15, -0.1) is 0 Å². The Morgan fingerprint density at radius 2 is 1.68 bits per heavy atom. The Labute approximate surface area is 161 Å². The summed E-state index contributed by atoms with van der Waals surface area (Å²) in [7, 11) is 0. The Bertz CT molecular complexity index is 824. The topological polar surface area (TPSA) is 27.3 Å². The smallest absolute Gasteiger partial charge is 0.163 e. The summed E-state index contributed by atoms with van der Waals surface area (Å²) in [4.78, 5) is 2.08. The Balaban J connectivity index is 1.50. The fourth-order valence-electron chi connectivity index (χ4n) is 4.55. The first-order chi connectivity index (χ1) is 13.5. The first-order valence-corrected chi connectivity index (χ1v) is 9.62. The third-order valence-electron chi connectivity index (χ3n) is 5.87. The first kappa shape index (κ1) is 19.4. The van der Waals surface area contributed by atoms with E-state index in [2.05, 4.69) is 15.8 Å². The van der Waals surface area contributed by atoms with Crippen LogP contribution in [0.2, 0.25) is 0 Å². The summed E-state index contributed by atoms with van der Waals surface area (Å²) in [6, 6.07) is 8.02. The lowest BCUT2D eigenvalue weighted by atomic mass is 9.80. The van der Waals surface area contributed by atoms with Gasteiger partial charge in [-0.25, -0.2) is 17.6 Å². The fourth-order valence-corrected chi connectivity index (χ4v) is 4.55. The summed E-state index contributed by atoms with van der Waals surface area (Å²) in [6.07, 6.45) is 1.81. The molecule has 2 fully saturated rings. The van der Waals surface area contributed by atoms with Gasteiger partial charge < -0.3 is 0 Å². The van der Waals surface area contributed by atoms with Crippen molar-refractivity contribution in [2.45, 2.75) is 31.3 Å². The number of piperidine rings is 1. The summed E-state index contributed by atoms with van der Waals surface area (Å²) >= 11 is 0. The van der Waals surface area contributed by atoms with E-state index in [-0.39, 0.29) is 23.4 Å². The molecular weight excluding hydrogens is 370 g/mol. The lowest BCUT2D eigenvalue weighted by molar-refractivity contribution is 0.137. The van der Waals surface area contributed by atoms with Gasteiger partial charge in [0.25, 0.3) is 0 Å². The van der Waals surface area contributed by atoms with Crippen LogP contribution in [0.1, 0.15) is 29.9 Å². The van der Waals surface area contributed by atoms with Crippen molar-refractivity contribution < 1.29 is 17.6 Å². The standard InChI is InChI=1S/C21H23F4N3/c22-16-6-2-7-17(23)19(16)15-10-26-27-21(15)14-5-3-9-28(12-14)11-13-4-1-8-18(24)20(13)25/h1-2,4,6-8,14-15,21,26-27H,3,5,9-12H2. The number of halogens is 4. The Morgan fingerprint density at radius 3 is 2.46 bits per heavy atom. The highest BCUT2D eigenvalue weighted by Gasteiger charge is 2.39. The molecule has 0 aliphatic carbocycles. The van der Waals surface area contributed by atoms with Crippen LogP contribution in [-0.4, -0.2) is 30.6 Å². The molecule has 150 valence electrons. The van der Waals surface area contributed by atoms with E-state index < -0.39 is 23.3 Å². The van der Waals surface area contributed by atoms with Crippen LogP contribution in [0.4, 0.5) is 17.6 Å². The molecular formula is C21H23F4N3. The van der Waals surface area contributed by atoms with E-state index in [1.54, 1.807) is 6.07 Å². The molecule has 3 unspecified atom stereocenters. The maximum absolute atomic E-state index is 14.3. The van der Waals surface area contributed by atoms with Gasteiger partial charge in [-0.2, -0.15) is 0 Å². The highest BCUT2D eigenvalue weighted by atomic mass is 19.2. The van der Waals surface area contributed by atoms with E-state index in [4.69, 9.17) is 0 Å². The van der Waals surface area contributed by atoms with Gasteiger partial charge in [0.15, 0.2) is 11.6 Å². The van der Waals surface area contributed by atoms with Gasteiger partial charge in [-0.3, -0.25) is 15.8 Å². The van der Waals surface area contributed by atoms with Crippen LogP contribution >= 0.6 is 0 Å². The summed E-state index contributed by atoms with van der Waals surface area (Å²) < 4.78 is 56.1. The van der Waals surface area contributed by atoms with Crippen LogP contribution < -0.4 is 10.9 Å². The number of hydrogen-bond acceptors (Lipinski definition) is 3. The van der Waals surface area contributed by atoms with E-state index >= 15 is 0 Å². The highest BCUT2D eigenvalue weighted by Crippen LogP contribution is 2.34. The predicted molar refractivity (Wildman–Crippen MR) is 98.4 cm³/mol. The molecule has 2 aliphatic rings. The number of hydrazine groups is 1. The third kappa shape index (κ3) is 3.79. The monoisotopic (exact) mass is 393 g/mol. The average molecular weight is 393 g/mol. The number of hydrogen-bond donors (Lipinski definition) is 2. The van der Waals surface area contributed by atoms with Crippen molar-refractivity contribution in [3.8, 4) is 0 Å². The molecule has 0 radical (unpaired) electrons. The first-order valence-electron chi connectivity index (χ1n) is 9.62. The van der Waals surface area contributed by atoms with Crippen molar-refractivity contribution in [2.75, 3.05) is 19.6 Å². The molecule has 2 saturated heterocycles. The number of nitrogens with zero attached hydrogens (tertiary/aromatic N) is 1. The predicted octanol–water partition coefficient (Wildman–Crippen LogP) is 3.72. The normalized spacial score (nSPS) is 25.9. The molecule has 2 heterocycles. The van der Waals surface area contributed by atoms with E-state index in [0.717, 1.165) is 25.5 Å². The van der Waals surface area contributed by atoms with E-state index in [1.807, 2.05) is 0 Å². The Morgan fingerprint density at radius 1 is 0.964 bits per heavy atom. The molecule has 0 spiro atoms. The van der Waals surface area contributed by atoms with E-state index in [9.17, 15) is 17.6 Å². The third-order valence-corrected chi connectivity index (χ3v) is 5.87. The molecule has 7 heteroatoms. The molecule has 28 heavy (non-hydrogen) atoms. The number of benzene rings is 2. The molecule has 2 aromatic carbocycles. The molecule has 2 aromatic rings. The quantitative estimate of drug-likeness (QED) is 0.776. The highest BCUT2D eigenvalue weighted by molar-refractivity contribution is 5.27. The molecule has 0 aromatic heterocycles. The maximum Gasteiger partial charge on any atom is 0.163 e. The molecule has 2 aliphatic heterocycles. The van der Waals surface area contributed by atoms with Crippen LogP contribution in [0.25, 0.3) is 0 Å². The van der Waals surface area contributed by atoms with Gasteiger partial charge in [0.1, 0.15) is 11.6 Å². The average Bonchev–Trinajstić information content (AvgIpc) is 3.15. The van der Waals surface area contributed by atoms with Gasteiger partial charge in [-0.1, -0.05) is 18.2 Å². The molecule has 0 saturated carbocycles. The van der Waals surface area contributed by atoms with Crippen molar-refractivity contribution in [1.82, 2.24) is 15.8 Å². The summed E-state index contributed by atoms with van der Waals surface area (Å²) in [5.41, 5.74) is 6.67. The molecule has 2 N–H and O–H groups in total.